The average Bonchev–Trinajstić information content (AvgIpc) is 3.46. The predicted octanol–water partition coefficient (Wildman–Crippen LogP) is 8.47. The number of benzene rings is 3. The first-order valence-corrected chi connectivity index (χ1v) is 14.3. The first kappa shape index (κ1) is 28.5. The van der Waals surface area contributed by atoms with Crippen molar-refractivity contribution in [2.75, 3.05) is 0 Å². The summed E-state index contributed by atoms with van der Waals surface area (Å²) in [5, 5.41) is 0. The van der Waals surface area contributed by atoms with Crippen LogP contribution in [0.25, 0.3) is 33.9 Å². The molecule has 0 radical (unpaired) electrons. The van der Waals surface area contributed by atoms with Gasteiger partial charge in [0, 0.05) is 46.4 Å². The lowest BCUT2D eigenvalue weighted by Gasteiger charge is -2.04. The van der Waals surface area contributed by atoms with Crippen LogP contribution >= 0.6 is 11.3 Å². The molecule has 0 saturated heterocycles. The molecule has 0 saturated carbocycles. The molecule has 42 heavy (non-hydrogen) atoms. The number of rotatable bonds is 5. The summed E-state index contributed by atoms with van der Waals surface area (Å²) in [4.78, 5) is 31.1. The van der Waals surface area contributed by atoms with Crippen molar-refractivity contribution >= 4 is 17.3 Å². The van der Waals surface area contributed by atoms with Crippen LogP contribution in [-0.4, -0.2) is 25.9 Å². The minimum atomic E-state index is -0.336. The van der Waals surface area contributed by atoms with E-state index in [1.54, 1.807) is 30.6 Å². The molecule has 3 aromatic heterocycles. The van der Waals surface area contributed by atoms with Crippen molar-refractivity contribution in [3.05, 3.63) is 136 Å². The van der Waals surface area contributed by atoms with Gasteiger partial charge in [-0.2, -0.15) is 0 Å². The maximum atomic E-state index is 12.0. The van der Waals surface area contributed by atoms with E-state index in [0.717, 1.165) is 38.5 Å². The van der Waals surface area contributed by atoms with Gasteiger partial charge in [0.15, 0.2) is 11.6 Å². The number of ether oxygens (including phenoxy) is 1. The van der Waals surface area contributed by atoms with Crippen molar-refractivity contribution in [3.63, 3.8) is 0 Å². The van der Waals surface area contributed by atoms with Gasteiger partial charge < -0.3 is 4.74 Å². The first-order chi connectivity index (χ1) is 20.3. The Hall–Kier alpha value is -5.01. The topological polar surface area (TPSA) is 77.9 Å². The Labute approximate surface area is 249 Å². The summed E-state index contributed by atoms with van der Waals surface area (Å²) >= 11 is 1.42. The highest BCUT2D eigenvalue weighted by atomic mass is 32.1. The molecule has 208 valence electrons. The molecule has 0 spiro atoms. The summed E-state index contributed by atoms with van der Waals surface area (Å²) in [6, 6.07) is 27.5. The normalized spacial score (nSPS) is 10.5. The minimum absolute atomic E-state index is 0.336. The molecular weight excluding hydrogens is 540 g/mol. The second kappa shape index (κ2) is 13.1. The lowest BCUT2D eigenvalue weighted by molar-refractivity contribution is 0.0740. The van der Waals surface area contributed by atoms with Crippen molar-refractivity contribution in [1.29, 1.82) is 0 Å². The summed E-state index contributed by atoms with van der Waals surface area (Å²) in [7, 11) is 0. The lowest BCUT2D eigenvalue weighted by Crippen LogP contribution is -2.06. The number of thiophene rings is 1. The van der Waals surface area contributed by atoms with Gasteiger partial charge in [0.1, 0.15) is 10.6 Å². The molecule has 3 aromatic carbocycles. The number of esters is 1. The standard InChI is InChI=1S/C18H16N2.C17H14N2O2S/c1-13-3-7-15(8-4-13)17-11-19-18(20-12-17)16-9-5-14(2)6-10-16;1-11-9-18-16(19-10-11)13-4-6-14(7-5-13)21-17(20)15-8-3-12(2)22-15/h3-12H,1-2H3;3-10H,1-2H3. The summed E-state index contributed by atoms with van der Waals surface area (Å²) in [6.45, 7) is 8.06. The fraction of sp³-hybridized carbons (Fsp3) is 0.114. The molecule has 0 bridgehead atoms. The molecule has 0 aliphatic rings. The van der Waals surface area contributed by atoms with Gasteiger partial charge in [0.05, 0.1) is 0 Å². The van der Waals surface area contributed by atoms with Crippen molar-refractivity contribution < 1.29 is 9.53 Å². The fourth-order valence-electron chi connectivity index (χ4n) is 3.99. The van der Waals surface area contributed by atoms with Crippen LogP contribution in [0, 0.1) is 27.7 Å². The SMILES string of the molecule is Cc1ccc(-c2cnc(-c3ccc(C)cc3)nc2)cc1.Cc1cnc(-c2ccc(OC(=O)c3ccc(C)s3)cc2)nc1. The second-order valence-corrected chi connectivity index (χ2v) is 11.2. The van der Waals surface area contributed by atoms with E-state index in [1.165, 1.54) is 22.5 Å². The maximum Gasteiger partial charge on any atom is 0.353 e. The van der Waals surface area contributed by atoms with E-state index in [0.29, 0.717) is 16.5 Å². The van der Waals surface area contributed by atoms with E-state index in [1.807, 2.05) is 44.4 Å². The first-order valence-electron chi connectivity index (χ1n) is 13.5. The summed E-state index contributed by atoms with van der Waals surface area (Å²) < 4.78 is 5.35. The minimum Gasteiger partial charge on any atom is -0.422 e. The molecule has 7 heteroatoms. The molecule has 0 amide bonds. The number of nitrogens with zero attached hydrogens (tertiary/aromatic N) is 4. The monoisotopic (exact) mass is 570 g/mol. The Morgan fingerprint density at radius 1 is 0.524 bits per heavy atom. The zero-order valence-electron chi connectivity index (χ0n) is 23.9. The van der Waals surface area contributed by atoms with Crippen LogP contribution in [0.1, 0.15) is 31.2 Å². The molecule has 6 nitrogen and oxygen atoms in total. The largest absolute Gasteiger partial charge is 0.422 e. The van der Waals surface area contributed by atoms with Crippen LogP contribution in [-0.2, 0) is 0 Å². The van der Waals surface area contributed by atoms with E-state index in [9.17, 15) is 4.79 Å². The smallest absolute Gasteiger partial charge is 0.353 e. The molecule has 3 heterocycles. The molecule has 0 aliphatic heterocycles. The highest BCUT2D eigenvalue weighted by Crippen LogP contribution is 2.23. The second-order valence-electron chi connectivity index (χ2n) is 9.94. The Bertz CT molecular complexity index is 1700. The molecular formula is C35H30N4O2S. The molecule has 6 rings (SSSR count). The molecule has 0 N–H and O–H groups in total. The van der Waals surface area contributed by atoms with Crippen molar-refractivity contribution in [3.8, 4) is 39.7 Å². The third-order valence-electron chi connectivity index (χ3n) is 6.39. The zero-order chi connectivity index (χ0) is 29.5. The summed E-state index contributed by atoms with van der Waals surface area (Å²) in [6.07, 6.45) is 7.31. The zero-order valence-corrected chi connectivity index (χ0v) is 24.7. The molecule has 6 aromatic rings. The Morgan fingerprint density at radius 3 is 1.50 bits per heavy atom. The van der Waals surface area contributed by atoms with Crippen LogP contribution in [0.15, 0.2) is 110 Å². The van der Waals surface area contributed by atoms with Gasteiger partial charge in [0.25, 0.3) is 0 Å². The number of aryl methyl sites for hydroxylation is 4. The maximum absolute atomic E-state index is 12.0. The highest BCUT2D eigenvalue weighted by molar-refractivity contribution is 7.13. The van der Waals surface area contributed by atoms with Crippen LogP contribution in [0.5, 0.6) is 5.75 Å². The number of hydrogen-bond acceptors (Lipinski definition) is 7. The number of hydrogen-bond donors (Lipinski definition) is 0. The van der Waals surface area contributed by atoms with Gasteiger partial charge in [-0.25, -0.2) is 24.7 Å². The quantitative estimate of drug-likeness (QED) is 0.153. The number of carbonyl (C=O) groups excluding carboxylic acids is 1. The van der Waals surface area contributed by atoms with Gasteiger partial charge in [-0.3, -0.25) is 0 Å². The third kappa shape index (κ3) is 7.38. The molecule has 0 unspecified atom stereocenters. The van der Waals surface area contributed by atoms with Gasteiger partial charge in [-0.15, -0.1) is 11.3 Å². The van der Waals surface area contributed by atoms with Gasteiger partial charge in [-0.05, 0) is 75.2 Å². The van der Waals surface area contributed by atoms with E-state index in [4.69, 9.17) is 4.74 Å². The van der Waals surface area contributed by atoms with Crippen LogP contribution < -0.4 is 4.74 Å². The third-order valence-corrected chi connectivity index (χ3v) is 7.37. The van der Waals surface area contributed by atoms with Gasteiger partial charge >= 0.3 is 5.97 Å². The van der Waals surface area contributed by atoms with E-state index in [-0.39, 0.29) is 5.97 Å². The predicted molar refractivity (Wildman–Crippen MR) is 169 cm³/mol. The van der Waals surface area contributed by atoms with Gasteiger partial charge in [0.2, 0.25) is 0 Å². The molecule has 0 aliphatic carbocycles. The van der Waals surface area contributed by atoms with Gasteiger partial charge in [-0.1, -0.05) is 59.7 Å². The van der Waals surface area contributed by atoms with E-state index < -0.39 is 0 Å². The van der Waals surface area contributed by atoms with Crippen molar-refractivity contribution in [2.45, 2.75) is 27.7 Å². The van der Waals surface area contributed by atoms with Crippen molar-refractivity contribution in [1.82, 2.24) is 19.9 Å². The van der Waals surface area contributed by atoms with Crippen LogP contribution in [0.3, 0.4) is 0 Å². The highest BCUT2D eigenvalue weighted by Gasteiger charge is 2.11. The number of carbonyl (C=O) groups is 1. The summed E-state index contributed by atoms with van der Waals surface area (Å²) in [5.41, 5.74) is 7.63. The summed E-state index contributed by atoms with van der Waals surface area (Å²) in [5.74, 6) is 1.59. The Balaban J connectivity index is 0.000000169. The van der Waals surface area contributed by atoms with E-state index >= 15 is 0 Å². The van der Waals surface area contributed by atoms with Crippen LogP contribution in [0.2, 0.25) is 0 Å². The number of aromatic nitrogens is 4. The van der Waals surface area contributed by atoms with Crippen LogP contribution in [0.4, 0.5) is 0 Å². The van der Waals surface area contributed by atoms with E-state index in [2.05, 4.69) is 82.3 Å². The Morgan fingerprint density at radius 2 is 1.00 bits per heavy atom. The van der Waals surface area contributed by atoms with Crippen molar-refractivity contribution in [2.24, 2.45) is 0 Å². The molecule has 0 atom stereocenters. The lowest BCUT2D eigenvalue weighted by atomic mass is 10.1. The Kier molecular flexibility index (Phi) is 8.90. The average molecular weight is 571 g/mol. The fourth-order valence-corrected chi connectivity index (χ4v) is 4.73. The molecule has 0 fully saturated rings.